The number of methoxy groups -OCH3 is 1. The van der Waals surface area contributed by atoms with E-state index in [1.165, 1.54) is 34.5 Å². The monoisotopic (exact) mass is 371 g/mol. The Balaban J connectivity index is 1.53. The number of rotatable bonds is 4. The van der Waals surface area contributed by atoms with Gasteiger partial charge in [0.15, 0.2) is 0 Å². The molecule has 1 amide bonds. The van der Waals surface area contributed by atoms with Crippen LogP contribution in [0, 0.1) is 0 Å². The Hall–Kier alpha value is -1.85. The van der Waals surface area contributed by atoms with Crippen LogP contribution in [0.1, 0.15) is 34.1 Å². The van der Waals surface area contributed by atoms with E-state index in [0.29, 0.717) is 0 Å². The van der Waals surface area contributed by atoms with Gasteiger partial charge in [-0.2, -0.15) is 0 Å². The number of piperazine rings is 1. The fourth-order valence-electron chi connectivity index (χ4n) is 4.13. The molecule has 2 aromatic rings. The van der Waals surface area contributed by atoms with Gasteiger partial charge in [0.05, 0.1) is 44.7 Å². The number of benzene rings is 1. The lowest BCUT2D eigenvalue weighted by Gasteiger charge is -2.31. The molecular weight excluding hydrogens is 344 g/mol. The molecule has 2 aliphatic rings. The number of ether oxygens (including phenoxy) is 1. The van der Waals surface area contributed by atoms with Gasteiger partial charge < -0.3 is 14.5 Å². The fraction of sp³-hybridized carbons (Fsp3) is 0.476. The summed E-state index contributed by atoms with van der Waals surface area (Å²) in [5, 5.41) is 0. The lowest BCUT2D eigenvalue weighted by molar-refractivity contribution is -0.904. The van der Waals surface area contributed by atoms with Gasteiger partial charge in [0.1, 0.15) is 5.75 Å². The predicted molar refractivity (Wildman–Crippen MR) is 105 cm³/mol. The zero-order valence-corrected chi connectivity index (χ0v) is 16.5. The molecule has 1 saturated heterocycles. The average Bonchev–Trinajstić information content (AvgIpc) is 3.12. The van der Waals surface area contributed by atoms with Crippen molar-refractivity contribution in [3.63, 3.8) is 0 Å². The number of hydrogen-bond acceptors (Lipinski definition) is 3. The van der Waals surface area contributed by atoms with Gasteiger partial charge in [-0.3, -0.25) is 4.79 Å². The van der Waals surface area contributed by atoms with Crippen LogP contribution in [0.2, 0.25) is 0 Å². The van der Waals surface area contributed by atoms with Crippen molar-refractivity contribution in [3.8, 4) is 16.2 Å². The molecule has 1 N–H and O–H groups in total. The van der Waals surface area contributed by atoms with Crippen molar-refractivity contribution in [3.05, 3.63) is 40.3 Å². The maximum atomic E-state index is 13.0. The topological polar surface area (TPSA) is 34.0 Å². The summed E-state index contributed by atoms with van der Waals surface area (Å²) in [6, 6.07) is 8.44. The van der Waals surface area contributed by atoms with E-state index in [-0.39, 0.29) is 5.91 Å². The van der Waals surface area contributed by atoms with E-state index in [4.69, 9.17) is 4.74 Å². The molecule has 1 aromatic carbocycles. The quantitative estimate of drug-likeness (QED) is 0.895. The number of hydrogen-bond donors (Lipinski definition) is 1. The highest BCUT2D eigenvalue weighted by molar-refractivity contribution is 7.17. The van der Waals surface area contributed by atoms with E-state index in [2.05, 4.69) is 25.1 Å². The molecule has 0 bridgehead atoms. The van der Waals surface area contributed by atoms with E-state index in [1.807, 2.05) is 11.0 Å². The first-order chi connectivity index (χ1) is 12.7. The van der Waals surface area contributed by atoms with Crippen LogP contribution in [-0.4, -0.2) is 50.6 Å². The summed E-state index contributed by atoms with van der Waals surface area (Å²) in [6.45, 7) is 7.36. The van der Waals surface area contributed by atoms with Crippen molar-refractivity contribution in [2.75, 3.05) is 39.8 Å². The molecule has 2 heterocycles. The van der Waals surface area contributed by atoms with Gasteiger partial charge in [-0.15, -0.1) is 11.3 Å². The predicted octanol–water partition coefficient (Wildman–Crippen LogP) is 2.27. The lowest BCUT2D eigenvalue weighted by atomic mass is 9.91. The summed E-state index contributed by atoms with van der Waals surface area (Å²) in [4.78, 5) is 18.8. The van der Waals surface area contributed by atoms with Crippen LogP contribution in [0.3, 0.4) is 0 Å². The molecule has 0 unspecified atom stereocenters. The molecule has 4 nitrogen and oxygen atoms in total. The van der Waals surface area contributed by atoms with Crippen molar-refractivity contribution in [2.45, 2.75) is 26.2 Å². The SMILES string of the molecule is CCC[NH+]1CCN(C(=O)c2cc3c(s2)-c2ccc(OC)cc2CC3)CC1. The third kappa shape index (κ3) is 3.26. The maximum Gasteiger partial charge on any atom is 0.264 e. The van der Waals surface area contributed by atoms with Crippen molar-refractivity contribution in [2.24, 2.45) is 0 Å². The highest BCUT2D eigenvalue weighted by Crippen LogP contribution is 2.41. The molecule has 1 aliphatic heterocycles. The molecule has 1 aromatic heterocycles. The number of nitrogens with zero attached hydrogens (tertiary/aromatic N) is 1. The molecule has 1 aliphatic carbocycles. The van der Waals surface area contributed by atoms with Crippen LogP contribution in [0.25, 0.3) is 10.4 Å². The van der Waals surface area contributed by atoms with Gasteiger partial charge in [0.2, 0.25) is 0 Å². The van der Waals surface area contributed by atoms with E-state index >= 15 is 0 Å². The van der Waals surface area contributed by atoms with Gasteiger partial charge in [-0.1, -0.05) is 6.92 Å². The number of amides is 1. The first-order valence-electron chi connectivity index (χ1n) is 9.62. The van der Waals surface area contributed by atoms with Crippen LogP contribution in [-0.2, 0) is 12.8 Å². The Bertz CT molecular complexity index is 806. The molecule has 4 rings (SSSR count). The minimum Gasteiger partial charge on any atom is -0.497 e. The van der Waals surface area contributed by atoms with E-state index < -0.39 is 0 Å². The largest absolute Gasteiger partial charge is 0.497 e. The zero-order valence-electron chi connectivity index (χ0n) is 15.6. The summed E-state index contributed by atoms with van der Waals surface area (Å²) < 4.78 is 5.36. The Kier molecular flexibility index (Phi) is 5.00. The van der Waals surface area contributed by atoms with Crippen molar-refractivity contribution >= 4 is 17.2 Å². The summed E-state index contributed by atoms with van der Waals surface area (Å²) in [5.41, 5.74) is 3.93. The summed E-state index contributed by atoms with van der Waals surface area (Å²) in [7, 11) is 1.71. The van der Waals surface area contributed by atoms with E-state index in [1.54, 1.807) is 23.3 Å². The molecule has 26 heavy (non-hydrogen) atoms. The second kappa shape index (κ2) is 7.41. The summed E-state index contributed by atoms with van der Waals surface area (Å²) >= 11 is 1.67. The lowest BCUT2D eigenvalue weighted by Crippen LogP contribution is -3.14. The highest BCUT2D eigenvalue weighted by Gasteiger charge is 2.27. The molecule has 138 valence electrons. The standard InChI is InChI=1S/C21H26N2O2S/c1-3-8-22-9-11-23(12-10-22)21(24)19-14-16-5-4-15-13-17(25-2)6-7-18(15)20(16)26-19/h6-7,13-14H,3-5,8-12H2,1-2H3/p+1. The van der Waals surface area contributed by atoms with Crippen LogP contribution in [0.5, 0.6) is 5.75 Å². The molecule has 0 radical (unpaired) electrons. The minimum absolute atomic E-state index is 0.218. The first-order valence-corrected chi connectivity index (χ1v) is 10.4. The molecule has 5 heteroatoms. The molecular formula is C21H27N2O2S+. The minimum atomic E-state index is 0.218. The number of nitrogens with one attached hydrogen (secondary N) is 1. The van der Waals surface area contributed by atoms with E-state index in [0.717, 1.165) is 49.6 Å². The molecule has 0 atom stereocenters. The van der Waals surface area contributed by atoms with Gasteiger partial charge in [-0.25, -0.2) is 0 Å². The fourth-order valence-corrected chi connectivity index (χ4v) is 5.37. The Labute approximate surface area is 159 Å². The van der Waals surface area contributed by atoms with Gasteiger partial charge in [0, 0.05) is 4.88 Å². The van der Waals surface area contributed by atoms with Crippen molar-refractivity contribution in [1.82, 2.24) is 4.90 Å². The Morgan fingerprint density at radius 2 is 1.96 bits per heavy atom. The second-order valence-electron chi connectivity index (χ2n) is 7.28. The van der Waals surface area contributed by atoms with Gasteiger partial charge >= 0.3 is 0 Å². The normalized spacial score (nSPS) is 16.9. The number of quaternary nitrogens is 1. The Morgan fingerprint density at radius 3 is 2.69 bits per heavy atom. The maximum absolute atomic E-state index is 13.0. The molecule has 0 spiro atoms. The third-order valence-corrected chi connectivity index (χ3v) is 6.80. The van der Waals surface area contributed by atoms with Crippen molar-refractivity contribution in [1.29, 1.82) is 0 Å². The number of fused-ring (bicyclic) bond motifs is 3. The highest BCUT2D eigenvalue weighted by atomic mass is 32.1. The number of aryl methyl sites for hydroxylation is 2. The third-order valence-electron chi connectivity index (χ3n) is 5.60. The Morgan fingerprint density at radius 1 is 1.19 bits per heavy atom. The first kappa shape index (κ1) is 17.6. The average molecular weight is 372 g/mol. The van der Waals surface area contributed by atoms with Gasteiger partial charge in [-0.05, 0) is 60.2 Å². The zero-order chi connectivity index (χ0) is 18.1. The van der Waals surface area contributed by atoms with Gasteiger partial charge in [0.25, 0.3) is 5.91 Å². The number of carbonyl (C=O) groups excluding carboxylic acids is 1. The van der Waals surface area contributed by atoms with Crippen LogP contribution in [0.15, 0.2) is 24.3 Å². The van der Waals surface area contributed by atoms with Crippen LogP contribution < -0.4 is 9.64 Å². The molecule has 0 saturated carbocycles. The van der Waals surface area contributed by atoms with Crippen molar-refractivity contribution < 1.29 is 14.4 Å². The number of carbonyl (C=O) groups is 1. The summed E-state index contributed by atoms with van der Waals surface area (Å²) in [6.07, 6.45) is 3.24. The second-order valence-corrected chi connectivity index (χ2v) is 8.33. The van der Waals surface area contributed by atoms with Crippen LogP contribution >= 0.6 is 11.3 Å². The number of thiophene rings is 1. The molecule has 1 fully saturated rings. The van der Waals surface area contributed by atoms with Crippen LogP contribution in [0.4, 0.5) is 0 Å². The summed E-state index contributed by atoms with van der Waals surface area (Å²) in [5.74, 6) is 1.13. The smallest absolute Gasteiger partial charge is 0.264 e. The van der Waals surface area contributed by atoms with E-state index in [9.17, 15) is 4.79 Å².